The van der Waals surface area contributed by atoms with Gasteiger partial charge in [0.25, 0.3) is 0 Å². The van der Waals surface area contributed by atoms with E-state index in [4.69, 9.17) is 0 Å². The summed E-state index contributed by atoms with van der Waals surface area (Å²) in [7, 11) is -3.23. The summed E-state index contributed by atoms with van der Waals surface area (Å²) in [4.78, 5) is 23.6. The van der Waals surface area contributed by atoms with Crippen molar-refractivity contribution in [2.24, 2.45) is 23.7 Å². The van der Waals surface area contributed by atoms with Crippen molar-refractivity contribution in [1.29, 1.82) is 0 Å². The Morgan fingerprint density at radius 2 is 1.75 bits per heavy atom. The molecule has 0 aromatic heterocycles. The van der Waals surface area contributed by atoms with Crippen molar-refractivity contribution in [3.63, 3.8) is 0 Å². The van der Waals surface area contributed by atoms with E-state index in [2.05, 4.69) is 5.32 Å². The van der Waals surface area contributed by atoms with Crippen LogP contribution in [0.4, 0.5) is 0 Å². The van der Waals surface area contributed by atoms with Crippen molar-refractivity contribution in [2.45, 2.75) is 12.5 Å². The van der Waals surface area contributed by atoms with E-state index in [1.54, 1.807) is 0 Å². The fourth-order valence-electron chi connectivity index (χ4n) is 3.46. The molecule has 3 unspecified atom stereocenters. The van der Waals surface area contributed by atoms with Crippen LogP contribution in [0.5, 0.6) is 0 Å². The van der Waals surface area contributed by atoms with Gasteiger partial charge >= 0.3 is 5.97 Å². The van der Waals surface area contributed by atoms with E-state index >= 15 is 0 Å². The van der Waals surface area contributed by atoms with Crippen molar-refractivity contribution in [3.05, 3.63) is 23.6 Å². The number of hydrogen-bond donors (Lipinski definition) is 2. The second-order valence-corrected chi connectivity index (χ2v) is 7.54. The van der Waals surface area contributed by atoms with Crippen LogP contribution in [-0.2, 0) is 19.4 Å². The number of hydrogen-bond acceptors (Lipinski definition) is 4. The van der Waals surface area contributed by atoms with Gasteiger partial charge in [-0.25, -0.2) is 8.42 Å². The van der Waals surface area contributed by atoms with Gasteiger partial charge in [0.1, 0.15) is 0 Å². The molecule has 20 heavy (non-hydrogen) atoms. The first-order chi connectivity index (χ1) is 9.37. The van der Waals surface area contributed by atoms with Gasteiger partial charge in [0.15, 0.2) is 9.84 Å². The van der Waals surface area contributed by atoms with Crippen LogP contribution in [0.2, 0.25) is 0 Å². The van der Waals surface area contributed by atoms with E-state index in [0.29, 0.717) is 6.42 Å². The quantitative estimate of drug-likeness (QED) is 0.711. The smallest absolute Gasteiger partial charge is 0.307 e. The van der Waals surface area contributed by atoms with Gasteiger partial charge in [-0.15, -0.1) is 0 Å². The molecule has 2 N–H and O–H groups in total. The monoisotopic (exact) mass is 297 g/mol. The first-order valence-corrected chi connectivity index (χ1v) is 8.21. The van der Waals surface area contributed by atoms with Gasteiger partial charge in [-0.05, 0) is 24.3 Å². The predicted molar refractivity (Wildman–Crippen MR) is 70.2 cm³/mol. The fraction of sp³-hybridized carbons (Fsp3) is 0.538. The minimum Gasteiger partial charge on any atom is -0.481 e. The molecule has 1 fully saturated rings. The van der Waals surface area contributed by atoms with Crippen LogP contribution in [0, 0.1) is 23.7 Å². The Balaban J connectivity index is 1.73. The Labute approximate surface area is 116 Å². The first kappa shape index (κ1) is 13.4. The number of carbonyl (C=O) groups is 2. The minimum absolute atomic E-state index is 0.0527. The van der Waals surface area contributed by atoms with Gasteiger partial charge in [-0.1, -0.05) is 12.2 Å². The Morgan fingerprint density at radius 1 is 1.10 bits per heavy atom. The topological polar surface area (TPSA) is 101 Å². The van der Waals surface area contributed by atoms with E-state index < -0.39 is 33.7 Å². The van der Waals surface area contributed by atoms with Gasteiger partial charge in [0.05, 0.1) is 23.6 Å². The Hall–Kier alpha value is -1.63. The minimum atomic E-state index is -3.23. The molecule has 0 aromatic rings. The summed E-state index contributed by atoms with van der Waals surface area (Å²) in [5, 5.41) is 13.0. The molecule has 5 atom stereocenters. The van der Waals surface area contributed by atoms with E-state index in [0.717, 1.165) is 5.41 Å². The van der Waals surface area contributed by atoms with Crippen molar-refractivity contribution in [2.75, 3.05) is 5.75 Å². The maximum Gasteiger partial charge on any atom is 0.307 e. The lowest BCUT2D eigenvalue weighted by Crippen LogP contribution is -2.44. The van der Waals surface area contributed by atoms with E-state index in [9.17, 15) is 23.1 Å². The molecule has 0 radical (unpaired) electrons. The van der Waals surface area contributed by atoms with Crippen LogP contribution in [0.1, 0.15) is 6.42 Å². The molecule has 3 rings (SSSR count). The number of allylic oxidation sites excluding steroid dienone is 2. The highest BCUT2D eigenvalue weighted by atomic mass is 32.2. The summed E-state index contributed by atoms with van der Waals surface area (Å²) < 4.78 is 22.6. The molecule has 1 saturated carbocycles. The molecule has 1 aliphatic heterocycles. The van der Waals surface area contributed by atoms with Crippen LogP contribution in [0.3, 0.4) is 0 Å². The second-order valence-electron chi connectivity index (χ2n) is 5.61. The van der Waals surface area contributed by atoms with Gasteiger partial charge in [0, 0.05) is 5.41 Å². The molecule has 0 saturated heterocycles. The summed E-state index contributed by atoms with van der Waals surface area (Å²) in [6.07, 6.45) is 5.89. The van der Waals surface area contributed by atoms with Crippen LogP contribution in [0.15, 0.2) is 23.6 Å². The van der Waals surface area contributed by atoms with Crippen molar-refractivity contribution in [1.82, 2.24) is 5.32 Å². The number of rotatable bonds is 3. The van der Waals surface area contributed by atoms with E-state index in [1.165, 1.54) is 6.08 Å². The van der Waals surface area contributed by atoms with Gasteiger partial charge in [-0.2, -0.15) is 0 Å². The van der Waals surface area contributed by atoms with Gasteiger partial charge < -0.3 is 10.4 Å². The number of sulfone groups is 1. The van der Waals surface area contributed by atoms with E-state index in [-0.39, 0.29) is 23.5 Å². The molecule has 2 aliphatic carbocycles. The third-order valence-electron chi connectivity index (χ3n) is 4.30. The Morgan fingerprint density at radius 3 is 2.30 bits per heavy atom. The van der Waals surface area contributed by atoms with Gasteiger partial charge in [0.2, 0.25) is 5.91 Å². The molecule has 2 bridgehead atoms. The number of carboxylic acids is 1. The highest BCUT2D eigenvalue weighted by Gasteiger charge is 2.51. The number of nitrogens with one attached hydrogen (secondary N) is 1. The number of fused-ring (bicyclic) bond motifs is 2. The van der Waals surface area contributed by atoms with Crippen molar-refractivity contribution < 1.29 is 23.1 Å². The zero-order valence-corrected chi connectivity index (χ0v) is 11.4. The highest BCUT2D eigenvalue weighted by Crippen LogP contribution is 2.48. The average Bonchev–Trinajstić information content (AvgIpc) is 3.02. The first-order valence-electron chi connectivity index (χ1n) is 6.50. The highest BCUT2D eigenvalue weighted by molar-refractivity contribution is 7.94. The number of carbonyl (C=O) groups excluding carboxylic acids is 1. The largest absolute Gasteiger partial charge is 0.481 e. The fourth-order valence-corrected chi connectivity index (χ4v) is 4.70. The average molecular weight is 297 g/mol. The number of aliphatic carboxylic acids is 1. The Kier molecular flexibility index (Phi) is 2.97. The summed E-state index contributed by atoms with van der Waals surface area (Å²) in [5.41, 5.74) is 0. The number of amides is 1. The molecule has 7 heteroatoms. The van der Waals surface area contributed by atoms with Crippen LogP contribution >= 0.6 is 0 Å². The molecule has 6 nitrogen and oxygen atoms in total. The third-order valence-corrected chi connectivity index (χ3v) is 5.70. The molecule has 3 aliphatic rings. The summed E-state index contributed by atoms with van der Waals surface area (Å²) >= 11 is 0. The zero-order chi connectivity index (χ0) is 14.5. The maximum absolute atomic E-state index is 12.3. The molecular formula is C13H15NO5S. The molecular weight excluding hydrogens is 282 g/mol. The second kappa shape index (κ2) is 4.44. The Bertz CT molecular complexity index is 621. The van der Waals surface area contributed by atoms with E-state index in [1.807, 2.05) is 12.2 Å². The summed E-state index contributed by atoms with van der Waals surface area (Å²) in [6.45, 7) is 0. The molecule has 1 amide bonds. The van der Waals surface area contributed by atoms with Crippen LogP contribution < -0.4 is 5.32 Å². The molecule has 1 heterocycles. The SMILES string of the molecule is O=C(O)[C@@H]1C2C=CC(C2)[C@@H]1C(=O)NC1C=CS(=O)(=O)C1. The lowest BCUT2D eigenvalue weighted by Gasteiger charge is -2.25. The normalized spacial score (nSPS) is 40.1. The lowest BCUT2D eigenvalue weighted by molar-refractivity contribution is -0.147. The standard InChI is InChI=1S/C13H15NO5S/c15-12(14-9-3-4-20(18,19)6-9)10-7-1-2-8(5-7)11(10)13(16)17/h1-4,7-11H,5-6H2,(H,14,15)(H,16,17)/t7?,8?,9?,10-,11+/m0/s1. The van der Waals surface area contributed by atoms with Crippen LogP contribution in [0.25, 0.3) is 0 Å². The van der Waals surface area contributed by atoms with Crippen LogP contribution in [-0.4, -0.2) is 37.2 Å². The summed E-state index contributed by atoms with van der Waals surface area (Å²) in [5.74, 6) is -2.91. The van der Waals surface area contributed by atoms with Gasteiger partial charge in [-0.3, -0.25) is 9.59 Å². The third kappa shape index (κ3) is 2.15. The van der Waals surface area contributed by atoms with Crippen molar-refractivity contribution >= 4 is 21.7 Å². The molecule has 0 spiro atoms. The van der Waals surface area contributed by atoms with Crippen molar-refractivity contribution in [3.8, 4) is 0 Å². The number of carboxylic acid groups (broad SMARTS) is 1. The predicted octanol–water partition coefficient (Wildman–Crippen LogP) is -0.0638. The lowest BCUT2D eigenvalue weighted by atomic mass is 9.82. The summed E-state index contributed by atoms with van der Waals surface area (Å²) in [6, 6.07) is -0.551. The molecule has 0 aromatic carbocycles. The molecule has 108 valence electrons. The maximum atomic E-state index is 12.3. The zero-order valence-electron chi connectivity index (χ0n) is 10.6.